The van der Waals surface area contributed by atoms with Gasteiger partial charge in [0.05, 0.1) is 14.1 Å². The predicted molar refractivity (Wildman–Crippen MR) is 219 cm³/mol. The quantitative estimate of drug-likeness (QED) is 0.250. The van der Waals surface area contributed by atoms with E-state index < -0.39 is 8.07 Å². The van der Waals surface area contributed by atoms with Gasteiger partial charge in [-0.25, -0.2) is 0 Å². The molecule has 256 valence electrons. The molecule has 0 radical (unpaired) electrons. The van der Waals surface area contributed by atoms with E-state index in [1.807, 2.05) is 11.8 Å². The summed E-state index contributed by atoms with van der Waals surface area (Å²) in [5.41, 5.74) is 11.9. The van der Waals surface area contributed by atoms with Gasteiger partial charge in [-0.3, -0.25) is 0 Å². The summed E-state index contributed by atoms with van der Waals surface area (Å²) >= 11 is 2.01. The molecule has 3 aromatic carbocycles. The maximum absolute atomic E-state index is 6.81. The molecule has 11 rings (SSSR count). The van der Waals surface area contributed by atoms with Crippen LogP contribution >= 0.6 is 11.8 Å². The fourth-order valence-electron chi connectivity index (χ4n) is 10.5. The van der Waals surface area contributed by atoms with E-state index >= 15 is 0 Å². The summed E-state index contributed by atoms with van der Waals surface area (Å²) in [4.78, 5) is 4.09. The van der Waals surface area contributed by atoms with E-state index in [0.29, 0.717) is 22.6 Å². The van der Waals surface area contributed by atoms with Crippen molar-refractivity contribution in [3.05, 3.63) is 188 Å². The lowest BCUT2D eigenvalue weighted by Gasteiger charge is -2.39. The minimum Gasteiger partial charge on any atom is -0.485 e. The van der Waals surface area contributed by atoms with Crippen molar-refractivity contribution in [3.63, 3.8) is 0 Å². The molecule has 52 heavy (non-hydrogen) atoms. The van der Waals surface area contributed by atoms with Crippen LogP contribution in [0, 0.1) is 5.92 Å². The zero-order chi connectivity index (χ0) is 34.6. The second-order valence-corrected chi connectivity index (χ2v) is 22.1. The molecule has 0 amide bonds. The number of allylic oxidation sites excluding steroid dienone is 9. The molecule has 3 aromatic rings. The summed E-state index contributed by atoms with van der Waals surface area (Å²) in [6.45, 7) is 5.26. The van der Waals surface area contributed by atoms with E-state index in [9.17, 15) is 0 Å². The predicted octanol–water partition coefficient (Wildman–Crippen LogP) is 9.96. The Bertz CT molecular complexity index is 2430. The normalized spacial score (nSPS) is 29.5. The summed E-state index contributed by atoms with van der Waals surface area (Å²) in [6, 6.07) is 27.7. The van der Waals surface area contributed by atoms with Crippen molar-refractivity contribution in [1.29, 1.82) is 0 Å². The molecule has 3 heterocycles. The molecule has 0 spiro atoms. The highest BCUT2D eigenvalue weighted by Gasteiger charge is 2.52. The van der Waals surface area contributed by atoms with Crippen LogP contribution in [0.1, 0.15) is 42.7 Å². The Hall–Kier alpha value is -4.51. The number of ether oxygens (including phenoxy) is 1. The van der Waals surface area contributed by atoms with Gasteiger partial charge in [-0.05, 0) is 94.3 Å². The Morgan fingerprint density at radius 2 is 1.67 bits per heavy atom. The number of thioether (sulfide) groups is 1. The van der Waals surface area contributed by atoms with Gasteiger partial charge in [0.2, 0.25) is 0 Å². The molecule has 0 saturated carbocycles. The molecular weight excluding hydrogens is 667 g/mol. The van der Waals surface area contributed by atoms with Crippen molar-refractivity contribution in [3.8, 4) is 0 Å². The average Bonchev–Trinajstić information content (AvgIpc) is 3.82. The average molecular weight is 710 g/mol. The van der Waals surface area contributed by atoms with Gasteiger partial charge in [0, 0.05) is 44.5 Å². The smallest absolute Gasteiger partial charge is 0.128 e. The van der Waals surface area contributed by atoms with Gasteiger partial charge in [-0.2, -0.15) is 0 Å². The molecule has 8 aliphatic rings. The minimum absolute atomic E-state index is 0.136. The Kier molecular flexibility index (Phi) is 7.01. The van der Waals surface area contributed by atoms with Crippen molar-refractivity contribution in [2.24, 2.45) is 5.92 Å². The maximum atomic E-state index is 6.81. The van der Waals surface area contributed by atoms with Crippen LogP contribution in [0.3, 0.4) is 0 Å². The first kappa shape index (κ1) is 31.1. The Morgan fingerprint density at radius 1 is 0.827 bits per heavy atom. The van der Waals surface area contributed by atoms with Gasteiger partial charge in [0.25, 0.3) is 0 Å². The number of nitrogens with zero attached hydrogens (tertiary/aromatic N) is 1. The molecule has 0 bridgehead atoms. The van der Waals surface area contributed by atoms with Crippen LogP contribution in [-0.4, -0.2) is 25.5 Å². The van der Waals surface area contributed by atoms with Crippen LogP contribution in [0.5, 0.6) is 0 Å². The van der Waals surface area contributed by atoms with Gasteiger partial charge >= 0.3 is 0 Å². The second-order valence-electron chi connectivity index (χ2n) is 16.1. The van der Waals surface area contributed by atoms with Gasteiger partial charge in [-0.15, -0.1) is 11.8 Å². The first-order chi connectivity index (χ1) is 25.5. The highest BCUT2D eigenvalue weighted by Crippen LogP contribution is 2.59. The number of anilines is 1. The first-order valence-electron chi connectivity index (χ1n) is 19.2. The van der Waals surface area contributed by atoms with Crippen LogP contribution in [0.25, 0.3) is 11.6 Å². The molecule has 4 heteroatoms. The third-order valence-electron chi connectivity index (χ3n) is 13.1. The molecule has 1 saturated heterocycles. The number of hydrogen-bond acceptors (Lipinski definition) is 3. The lowest BCUT2D eigenvalue weighted by atomic mass is 9.83. The van der Waals surface area contributed by atoms with Crippen molar-refractivity contribution in [2.75, 3.05) is 4.90 Å². The number of rotatable bonds is 4. The largest absolute Gasteiger partial charge is 0.485 e. The third kappa shape index (κ3) is 4.63. The van der Waals surface area contributed by atoms with E-state index in [-0.39, 0.29) is 12.1 Å². The standard InChI is InChI=1S/C48H43NOSSi/c1-52(2)45-27-25-39-37-13-5-7-16-42(37)50-48(39)47(45)40-24-22-34(29-46(40)52)49(33-23-26-44-41(28-33)38-14-6-8-17-43(38)51-44)32-20-18-31(19-21-32)36-15-9-11-30-10-3-4-12-35(30)36/h3-8,10-14,16-26,28,34,37,41-42,44-45H,9,15,27,29H2,1-2H3. The molecule has 6 atom stereocenters. The van der Waals surface area contributed by atoms with E-state index in [1.54, 1.807) is 5.20 Å². The lowest BCUT2D eigenvalue weighted by Crippen LogP contribution is -2.40. The molecule has 2 nitrogen and oxygen atoms in total. The van der Waals surface area contributed by atoms with Gasteiger partial charge in [0.15, 0.2) is 0 Å². The van der Waals surface area contributed by atoms with E-state index in [2.05, 4.69) is 158 Å². The second kappa shape index (κ2) is 11.7. The summed E-state index contributed by atoms with van der Waals surface area (Å²) in [5, 5.41) is 4.93. The summed E-state index contributed by atoms with van der Waals surface area (Å²) < 4.78 is 6.81. The van der Waals surface area contributed by atoms with Crippen LogP contribution in [0.4, 0.5) is 5.69 Å². The summed E-state index contributed by atoms with van der Waals surface area (Å²) in [5.74, 6) is 1.94. The molecular formula is C48H43NOSSi. The Balaban J connectivity index is 1.000. The maximum Gasteiger partial charge on any atom is 0.128 e. The molecule has 5 aliphatic carbocycles. The van der Waals surface area contributed by atoms with Crippen molar-refractivity contribution < 1.29 is 4.74 Å². The zero-order valence-corrected chi connectivity index (χ0v) is 31.7. The minimum atomic E-state index is -1.81. The number of benzene rings is 3. The number of hydrogen-bond donors (Lipinski definition) is 0. The topological polar surface area (TPSA) is 12.5 Å². The molecule has 1 fully saturated rings. The number of fused-ring (bicyclic) bond motifs is 9. The van der Waals surface area contributed by atoms with E-state index in [0.717, 1.165) is 25.7 Å². The lowest BCUT2D eigenvalue weighted by molar-refractivity contribution is 0.182. The van der Waals surface area contributed by atoms with Gasteiger partial charge in [0.1, 0.15) is 11.9 Å². The van der Waals surface area contributed by atoms with Crippen molar-refractivity contribution >= 4 is 37.2 Å². The zero-order valence-electron chi connectivity index (χ0n) is 29.8. The van der Waals surface area contributed by atoms with E-state index in [4.69, 9.17) is 4.74 Å². The first-order valence-corrected chi connectivity index (χ1v) is 23.2. The fourth-order valence-corrected chi connectivity index (χ4v) is 15.6. The highest BCUT2D eigenvalue weighted by atomic mass is 32.2. The fraction of sp³-hybridized carbons (Fsp3) is 0.250. The van der Waals surface area contributed by atoms with Crippen LogP contribution in [0.15, 0.2) is 172 Å². The third-order valence-corrected chi connectivity index (χ3v) is 18.8. The molecule has 6 unspecified atom stereocenters. The monoisotopic (exact) mass is 709 g/mol. The molecule has 3 aliphatic heterocycles. The van der Waals surface area contributed by atoms with Crippen LogP contribution in [0.2, 0.25) is 18.6 Å². The van der Waals surface area contributed by atoms with Crippen molar-refractivity contribution in [1.82, 2.24) is 0 Å². The molecule has 0 N–H and O–H groups in total. The van der Waals surface area contributed by atoms with Crippen LogP contribution in [-0.2, 0) is 4.74 Å². The summed E-state index contributed by atoms with van der Waals surface area (Å²) in [7, 11) is -1.81. The van der Waals surface area contributed by atoms with Gasteiger partial charge < -0.3 is 9.64 Å². The van der Waals surface area contributed by atoms with Crippen molar-refractivity contribution in [2.45, 2.75) is 72.5 Å². The SMILES string of the molecule is C[Si]1(C)C2=C(C=CC(N(C3=CC4c5ccccc5SC4C=C3)c3ccc(C4=c5ccccc5=CCC4)cc3)C2)C2=C3OC4C=CC=CC4C3=CCC21. The Morgan fingerprint density at radius 3 is 2.60 bits per heavy atom. The summed E-state index contributed by atoms with van der Waals surface area (Å²) in [6.07, 6.45) is 30.9. The highest BCUT2D eigenvalue weighted by molar-refractivity contribution is 8.00. The van der Waals surface area contributed by atoms with Gasteiger partial charge in [-0.1, -0.05) is 128 Å². The van der Waals surface area contributed by atoms with E-state index in [1.165, 1.54) is 65.9 Å². The molecule has 0 aromatic heterocycles. The Labute approximate surface area is 312 Å². The van der Waals surface area contributed by atoms with Crippen LogP contribution < -0.4 is 15.3 Å².